The molecule has 0 spiro atoms. The molecular formula is C27H23FO2. The van der Waals surface area contributed by atoms with Crippen LogP contribution in [0.4, 0.5) is 4.39 Å². The average molecular weight is 398 g/mol. The topological polar surface area (TPSA) is 26.3 Å². The lowest BCUT2D eigenvalue weighted by Crippen LogP contribution is -2.41. The quantitative estimate of drug-likeness (QED) is 0.568. The zero-order valence-corrected chi connectivity index (χ0v) is 16.6. The number of halogens is 1. The van der Waals surface area contributed by atoms with Crippen molar-refractivity contribution in [3.8, 4) is 0 Å². The van der Waals surface area contributed by atoms with Crippen molar-refractivity contribution in [3.63, 3.8) is 0 Å². The number of carbonyl (C=O) groups is 1. The second kappa shape index (κ2) is 7.66. The summed E-state index contributed by atoms with van der Waals surface area (Å²) in [5, 5.41) is 0. The highest BCUT2D eigenvalue weighted by molar-refractivity contribution is 5.96. The van der Waals surface area contributed by atoms with E-state index >= 15 is 0 Å². The Labute approximate surface area is 176 Å². The van der Waals surface area contributed by atoms with Crippen LogP contribution in [0.15, 0.2) is 91.0 Å². The minimum Gasteiger partial charge on any atom is -0.379 e. The Morgan fingerprint density at radius 1 is 0.900 bits per heavy atom. The van der Waals surface area contributed by atoms with Gasteiger partial charge in [0.15, 0.2) is 5.78 Å². The monoisotopic (exact) mass is 398 g/mol. The zero-order valence-electron chi connectivity index (χ0n) is 16.6. The molecule has 0 radical (unpaired) electrons. The Kier molecular flexibility index (Phi) is 4.84. The van der Waals surface area contributed by atoms with Gasteiger partial charge in [-0.2, -0.15) is 0 Å². The van der Waals surface area contributed by atoms with Crippen LogP contribution in [0.2, 0.25) is 0 Å². The van der Waals surface area contributed by atoms with Gasteiger partial charge in [0.05, 0.1) is 18.6 Å². The lowest BCUT2D eigenvalue weighted by atomic mass is 9.71. The van der Waals surface area contributed by atoms with E-state index in [0.29, 0.717) is 13.2 Å². The first-order valence-electron chi connectivity index (χ1n) is 10.4. The average Bonchev–Trinajstić information content (AvgIpc) is 2.94. The predicted octanol–water partition coefficient (Wildman–Crippen LogP) is 5.65. The van der Waals surface area contributed by atoms with Crippen molar-refractivity contribution in [2.45, 2.75) is 12.3 Å². The molecule has 0 unspecified atom stereocenters. The van der Waals surface area contributed by atoms with Crippen LogP contribution in [0.3, 0.4) is 0 Å². The van der Waals surface area contributed by atoms with Gasteiger partial charge in [-0.15, -0.1) is 0 Å². The Morgan fingerprint density at radius 3 is 2.10 bits per heavy atom. The highest BCUT2D eigenvalue weighted by Crippen LogP contribution is 2.54. The molecule has 2 nitrogen and oxygen atoms in total. The summed E-state index contributed by atoms with van der Waals surface area (Å²) in [6.45, 7) is 0.825. The maximum Gasteiger partial charge on any atom is 0.151 e. The van der Waals surface area contributed by atoms with Crippen LogP contribution >= 0.6 is 0 Å². The van der Waals surface area contributed by atoms with Crippen molar-refractivity contribution in [3.05, 3.63) is 114 Å². The van der Waals surface area contributed by atoms with Gasteiger partial charge in [0.1, 0.15) is 5.82 Å². The Bertz CT molecular complexity index is 1030. The van der Waals surface area contributed by atoms with Crippen molar-refractivity contribution in [1.29, 1.82) is 0 Å². The number of ether oxygens (including phenoxy) is 1. The number of hydrogen-bond donors (Lipinski definition) is 0. The molecule has 2 bridgehead atoms. The third-order valence-electron chi connectivity index (χ3n) is 6.48. The maximum absolute atomic E-state index is 13.6. The number of Topliss-reactive ketones (excluding diaryl/α,β-unsaturated/α-hetero) is 1. The summed E-state index contributed by atoms with van der Waals surface area (Å²) in [6, 6.07) is 26.9. The molecule has 0 amide bonds. The van der Waals surface area contributed by atoms with Gasteiger partial charge in [-0.25, -0.2) is 4.39 Å². The standard InChI is InChI=1S/C27H23FO2/c28-23-13-11-21(12-14-23)25-15-22-17-30-18-27(25,26(22)29)16-24(19-7-3-1-4-8-19)20-9-5-2-6-10-20/h1-14,16,22,25H,15,17-18H2/t22-,25+,27-/m1/s1. The fourth-order valence-electron chi connectivity index (χ4n) is 5.01. The van der Waals surface area contributed by atoms with Gasteiger partial charge in [0.25, 0.3) is 0 Å². The van der Waals surface area contributed by atoms with Crippen LogP contribution in [0.5, 0.6) is 0 Å². The van der Waals surface area contributed by atoms with E-state index in [1.54, 1.807) is 0 Å². The van der Waals surface area contributed by atoms with Crippen LogP contribution in [0.25, 0.3) is 5.57 Å². The first-order chi connectivity index (χ1) is 14.7. The number of ketones is 1. The lowest BCUT2D eigenvalue weighted by Gasteiger charge is -2.34. The minimum absolute atomic E-state index is 0.0273. The summed E-state index contributed by atoms with van der Waals surface area (Å²) in [5.41, 5.74) is 3.41. The van der Waals surface area contributed by atoms with Crippen LogP contribution in [0, 0.1) is 17.2 Å². The first kappa shape index (κ1) is 19.0. The van der Waals surface area contributed by atoms with Crippen molar-refractivity contribution in [2.75, 3.05) is 13.2 Å². The Balaban J connectivity index is 1.69. The SMILES string of the molecule is O=C1[C@H]2COC[C@]1(C=C(c1ccccc1)c1ccccc1)[C@H](c1ccc(F)cc1)C2. The van der Waals surface area contributed by atoms with Crippen LogP contribution in [-0.4, -0.2) is 19.0 Å². The highest BCUT2D eigenvalue weighted by Gasteiger charge is 2.56. The van der Waals surface area contributed by atoms with E-state index in [-0.39, 0.29) is 23.4 Å². The molecule has 0 N–H and O–H groups in total. The lowest BCUT2D eigenvalue weighted by molar-refractivity contribution is -0.137. The first-order valence-corrected chi connectivity index (χ1v) is 10.4. The van der Waals surface area contributed by atoms with Gasteiger partial charge >= 0.3 is 0 Å². The molecule has 3 heteroatoms. The third kappa shape index (κ3) is 3.20. The van der Waals surface area contributed by atoms with Gasteiger partial charge in [0, 0.05) is 11.8 Å². The largest absolute Gasteiger partial charge is 0.379 e. The molecule has 3 aromatic carbocycles. The van der Waals surface area contributed by atoms with E-state index in [9.17, 15) is 9.18 Å². The number of hydrogen-bond acceptors (Lipinski definition) is 2. The zero-order chi connectivity index (χ0) is 20.6. The number of carbonyl (C=O) groups excluding carboxylic acids is 1. The van der Waals surface area contributed by atoms with Crippen LogP contribution < -0.4 is 0 Å². The van der Waals surface area contributed by atoms with E-state index < -0.39 is 5.41 Å². The summed E-state index contributed by atoms with van der Waals surface area (Å²) in [7, 11) is 0. The van der Waals surface area contributed by atoms with E-state index in [1.807, 2.05) is 48.5 Å². The smallest absolute Gasteiger partial charge is 0.151 e. The number of benzene rings is 3. The Morgan fingerprint density at radius 2 is 1.50 bits per heavy atom. The molecular weight excluding hydrogens is 375 g/mol. The Hall–Kier alpha value is -3.04. The molecule has 3 atom stereocenters. The van der Waals surface area contributed by atoms with E-state index in [2.05, 4.69) is 30.3 Å². The van der Waals surface area contributed by atoms with Crippen molar-refractivity contribution in [2.24, 2.45) is 11.3 Å². The molecule has 1 saturated carbocycles. The van der Waals surface area contributed by atoms with Gasteiger partial charge in [-0.3, -0.25) is 4.79 Å². The van der Waals surface area contributed by atoms with Crippen molar-refractivity contribution < 1.29 is 13.9 Å². The van der Waals surface area contributed by atoms with Crippen molar-refractivity contribution in [1.82, 2.24) is 0 Å². The molecule has 150 valence electrons. The second-order valence-corrected chi connectivity index (χ2v) is 8.25. The van der Waals surface area contributed by atoms with Gasteiger partial charge in [-0.05, 0) is 40.8 Å². The van der Waals surface area contributed by atoms with Gasteiger partial charge in [0.2, 0.25) is 0 Å². The molecule has 2 fully saturated rings. The summed E-state index contributed by atoms with van der Waals surface area (Å²) in [4.78, 5) is 13.6. The fraction of sp³-hybridized carbons (Fsp3) is 0.222. The van der Waals surface area contributed by atoms with E-state index in [1.165, 1.54) is 12.1 Å². The highest BCUT2D eigenvalue weighted by atomic mass is 19.1. The van der Waals surface area contributed by atoms with Gasteiger partial charge < -0.3 is 4.74 Å². The summed E-state index contributed by atoms with van der Waals surface area (Å²) < 4.78 is 19.5. The van der Waals surface area contributed by atoms with Crippen LogP contribution in [-0.2, 0) is 9.53 Å². The van der Waals surface area contributed by atoms with Gasteiger partial charge in [-0.1, -0.05) is 78.9 Å². The molecule has 1 aliphatic carbocycles. The summed E-state index contributed by atoms with van der Waals surface area (Å²) >= 11 is 0. The molecule has 30 heavy (non-hydrogen) atoms. The second-order valence-electron chi connectivity index (χ2n) is 8.25. The van der Waals surface area contributed by atoms with E-state index in [0.717, 1.165) is 28.7 Å². The molecule has 5 rings (SSSR count). The molecule has 1 heterocycles. The van der Waals surface area contributed by atoms with E-state index in [4.69, 9.17) is 4.74 Å². The summed E-state index contributed by atoms with van der Waals surface area (Å²) in [6.07, 6.45) is 2.87. The maximum atomic E-state index is 13.6. The number of rotatable bonds is 4. The third-order valence-corrected chi connectivity index (χ3v) is 6.48. The molecule has 2 aliphatic rings. The molecule has 3 aromatic rings. The predicted molar refractivity (Wildman–Crippen MR) is 115 cm³/mol. The molecule has 1 saturated heterocycles. The van der Waals surface area contributed by atoms with Crippen LogP contribution in [0.1, 0.15) is 29.0 Å². The number of fused-ring (bicyclic) bond motifs is 2. The molecule has 0 aromatic heterocycles. The minimum atomic E-state index is -0.748. The van der Waals surface area contributed by atoms with Crippen molar-refractivity contribution >= 4 is 11.4 Å². The fourth-order valence-corrected chi connectivity index (χ4v) is 5.01. The normalized spacial score (nSPS) is 25.2. The summed E-state index contributed by atoms with van der Waals surface area (Å²) in [5.74, 6) is -0.160. The molecule has 1 aliphatic heterocycles.